The number of aromatic nitrogens is 3. The Bertz CT molecular complexity index is 718. The van der Waals surface area contributed by atoms with Crippen molar-refractivity contribution in [2.75, 3.05) is 13.7 Å². The Morgan fingerprint density at radius 1 is 1.43 bits per heavy atom. The largest absolute Gasteiger partial charge is 0.466 e. The Balaban J connectivity index is 2.18. The van der Waals surface area contributed by atoms with E-state index in [2.05, 4.69) is 25.2 Å². The number of carbonyl (C=O) groups is 2. The van der Waals surface area contributed by atoms with Gasteiger partial charge in [-0.2, -0.15) is 5.10 Å². The second kappa shape index (κ2) is 6.17. The zero-order valence-corrected chi connectivity index (χ0v) is 12.1. The number of rotatable bonds is 4. The van der Waals surface area contributed by atoms with Crippen LogP contribution in [-0.2, 0) is 9.53 Å². The fraction of sp³-hybridized carbons (Fsp3) is 0.286. The van der Waals surface area contributed by atoms with Crippen LogP contribution in [0.3, 0.4) is 0 Å². The molecule has 2 aromatic heterocycles. The van der Waals surface area contributed by atoms with Gasteiger partial charge in [-0.25, -0.2) is 9.78 Å². The third-order valence-electron chi connectivity index (χ3n) is 2.91. The summed E-state index contributed by atoms with van der Waals surface area (Å²) >= 11 is 0. The lowest BCUT2D eigenvalue weighted by atomic mass is 10.1. The summed E-state index contributed by atoms with van der Waals surface area (Å²) in [5.74, 6) is -0.707. The van der Waals surface area contributed by atoms with E-state index in [9.17, 15) is 9.59 Å². The van der Waals surface area contributed by atoms with Gasteiger partial charge in [-0.3, -0.25) is 9.89 Å². The molecular formula is C14H16N4O3. The van der Waals surface area contributed by atoms with Gasteiger partial charge in [-0.1, -0.05) is 6.08 Å². The predicted molar refractivity (Wildman–Crippen MR) is 76.9 cm³/mol. The normalized spacial score (nSPS) is 11.0. The SMILES string of the molecule is COC(=O)/C=C/CNC(=O)c1cc(C)nc2n[nH]c(C)c12. The van der Waals surface area contributed by atoms with Crippen molar-refractivity contribution >= 4 is 22.9 Å². The molecule has 2 heterocycles. The minimum absolute atomic E-state index is 0.230. The Kier molecular flexibility index (Phi) is 4.32. The number of nitrogens with one attached hydrogen (secondary N) is 2. The second-order valence-electron chi connectivity index (χ2n) is 4.49. The van der Waals surface area contributed by atoms with E-state index in [-0.39, 0.29) is 12.5 Å². The molecule has 0 spiro atoms. The maximum absolute atomic E-state index is 12.2. The molecule has 0 atom stereocenters. The third kappa shape index (κ3) is 3.25. The molecule has 0 fully saturated rings. The van der Waals surface area contributed by atoms with E-state index in [1.807, 2.05) is 6.92 Å². The maximum atomic E-state index is 12.2. The van der Waals surface area contributed by atoms with Crippen LogP contribution in [-0.4, -0.2) is 40.7 Å². The zero-order valence-electron chi connectivity index (χ0n) is 12.1. The molecule has 0 unspecified atom stereocenters. The third-order valence-corrected chi connectivity index (χ3v) is 2.91. The molecule has 0 bridgehead atoms. The van der Waals surface area contributed by atoms with Crippen LogP contribution in [0.2, 0.25) is 0 Å². The van der Waals surface area contributed by atoms with Crippen LogP contribution in [0.4, 0.5) is 0 Å². The van der Waals surface area contributed by atoms with E-state index in [0.29, 0.717) is 22.3 Å². The second-order valence-corrected chi connectivity index (χ2v) is 4.49. The van der Waals surface area contributed by atoms with Crippen molar-refractivity contribution in [1.82, 2.24) is 20.5 Å². The summed E-state index contributed by atoms with van der Waals surface area (Å²) in [6.07, 6.45) is 2.79. The number of aryl methyl sites for hydroxylation is 2. The molecule has 0 radical (unpaired) electrons. The Hall–Kier alpha value is -2.70. The predicted octanol–water partition coefficient (Wildman–Crippen LogP) is 1.03. The maximum Gasteiger partial charge on any atom is 0.330 e. The summed E-state index contributed by atoms with van der Waals surface area (Å²) in [5.41, 5.74) is 2.52. The number of amides is 1. The van der Waals surface area contributed by atoms with Crippen LogP contribution in [0.15, 0.2) is 18.2 Å². The summed E-state index contributed by atoms with van der Waals surface area (Å²) in [5, 5.41) is 10.3. The Labute approximate surface area is 121 Å². The fourth-order valence-corrected chi connectivity index (χ4v) is 1.95. The van der Waals surface area contributed by atoms with Gasteiger partial charge in [0.2, 0.25) is 0 Å². The lowest BCUT2D eigenvalue weighted by molar-refractivity contribution is -0.134. The first-order valence-corrected chi connectivity index (χ1v) is 6.38. The molecule has 2 N–H and O–H groups in total. The van der Waals surface area contributed by atoms with E-state index in [0.717, 1.165) is 5.69 Å². The van der Waals surface area contributed by atoms with Gasteiger partial charge >= 0.3 is 5.97 Å². The monoisotopic (exact) mass is 288 g/mol. The minimum atomic E-state index is -0.461. The van der Waals surface area contributed by atoms with Crippen LogP contribution in [0, 0.1) is 13.8 Å². The van der Waals surface area contributed by atoms with Crippen molar-refractivity contribution < 1.29 is 14.3 Å². The van der Waals surface area contributed by atoms with Crippen LogP contribution in [0.25, 0.3) is 11.0 Å². The van der Waals surface area contributed by atoms with Gasteiger partial charge in [0, 0.05) is 24.0 Å². The topological polar surface area (TPSA) is 97.0 Å². The highest BCUT2D eigenvalue weighted by atomic mass is 16.5. The highest BCUT2D eigenvalue weighted by molar-refractivity contribution is 6.06. The number of nitrogens with zero attached hydrogens (tertiary/aromatic N) is 2. The average molecular weight is 288 g/mol. The number of esters is 1. The van der Waals surface area contributed by atoms with Gasteiger partial charge in [-0.15, -0.1) is 0 Å². The standard InChI is InChI=1S/C14H16N4O3/c1-8-7-10(12-9(2)17-18-13(12)16-8)14(20)15-6-4-5-11(19)21-3/h4-5,7H,6H2,1-3H3,(H,15,20)(H,16,17,18)/b5-4+. The number of ether oxygens (including phenoxy) is 1. The van der Waals surface area contributed by atoms with Gasteiger partial charge < -0.3 is 10.1 Å². The van der Waals surface area contributed by atoms with Crippen molar-refractivity contribution in [3.8, 4) is 0 Å². The molecule has 0 aliphatic rings. The molecule has 2 rings (SSSR count). The number of H-pyrrole nitrogens is 1. The average Bonchev–Trinajstić information content (AvgIpc) is 2.83. The smallest absolute Gasteiger partial charge is 0.330 e. The number of hydrogen-bond acceptors (Lipinski definition) is 5. The molecule has 0 aliphatic carbocycles. The van der Waals surface area contributed by atoms with Gasteiger partial charge in [0.25, 0.3) is 5.91 Å². The lowest BCUT2D eigenvalue weighted by Crippen LogP contribution is -2.24. The highest BCUT2D eigenvalue weighted by Crippen LogP contribution is 2.19. The molecule has 7 nitrogen and oxygen atoms in total. The van der Waals surface area contributed by atoms with Crippen LogP contribution in [0.5, 0.6) is 0 Å². The number of fused-ring (bicyclic) bond motifs is 1. The molecule has 0 saturated carbocycles. The summed E-state index contributed by atoms with van der Waals surface area (Å²) in [4.78, 5) is 27.4. The van der Waals surface area contributed by atoms with Gasteiger partial charge in [0.15, 0.2) is 5.65 Å². The first kappa shape index (κ1) is 14.7. The van der Waals surface area contributed by atoms with Gasteiger partial charge in [0.05, 0.1) is 18.1 Å². The number of aromatic amines is 1. The molecular weight excluding hydrogens is 272 g/mol. The number of carbonyl (C=O) groups excluding carboxylic acids is 2. The summed E-state index contributed by atoms with van der Waals surface area (Å²) in [6.45, 7) is 3.87. The molecule has 110 valence electrons. The quantitative estimate of drug-likeness (QED) is 0.647. The molecule has 0 aromatic carbocycles. The first-order chi connectivity index (χ1) is 10.0. The Morgan fingerprint density at radius 2 is 2.19 bits per heavy atom. The molecule has 0 aliphatic heterocycles. The zero-order chi connectivity index (χ0) is 15.4. The van der Waals surface area contributed by atoms with Crippen molar-refractivity contribution in [1.29, 1.82) is 0 Å². The summed E-state index contributed by atoms with van der Waals surface area (Å²) in [7, 11) is 1.30. The summed E-state index contributed by atoms with van der Waals surface area (Å²) < 4.78 is 4.46. The minimum Gasteiger partial charge on any atom is -0.466 e. The van der Waals surface area contributed by atoms with E-state index in [1.165, 1.54) is 19.3 Å². The van der Waals surface area contributed by atoms with Gasteiger partial charge in [-0.05, 0) is 19.9 Å². The molecule has 2 aromatic rings. The lowest BCUT2D eigenvalue weighted by Gasteiger charge is -2.05. The summed E-state index contributed by atoms with van der Waals surface area (Å²) in [6, 6.07) is 1.71. The number of pyridine rings is 1. The molecule has 1 amide bonds. The van der Waals surface area contributed by atoms with E-state index in [1.54, 1.807) is 13.0 Å². The molecule has 7 heteroatoms. The van der Waals surface area contributed by atoms with E-state index in [4.69, 9.17) is 0 Å². The Morgan fingerprint density at radius 3 is 2.90 bits per heavy atom. The van der Waals surface area contributed by atoms with Crippen molar-refractivity contribution in [2.45, 2.75) is 13.8 Å². The van der Waals surface area contributed by atoms with Crippen LogP contribution < -0.4 is 5.32 Å². The van der Waals surface area contributed by atoms with Crippen LogP contribution >= 0.6 is 0 Å². The number of hydrogen-bond donors (Lipinski definition) is 2. The van der Waals surface area contributed by atoms with Crippen LogP contribution in [0.1, 0.15) is 21.7 Å². The number of methoxy groups -OCH3 is 1. The first-order valence-electron chi connectivity index (χ1n) is 6.38. The van der Waals surface area contributed by atoms with E-state index >= 15 is 0 Å². The van der Waals surface area contributed by atoms with E-state index < -0.39 is 5.97 Å². The van der Waals surface area contributed by atoms with Crippen molar-refractivity contribution in [2.24, 2.45) is 0 Å². The van der Waals surface area contributed by atoms with Gasteiger partial charge in [0.1, 0.15) is 0 Å². The van der Waals surface area contributed by atoms with Crippen molar-refractivity contribution in [3.63, 3.8) is 0 Å². The molecule has 0 saturated heterocycles. The molecule has 21 heavy (non-hydrogen) atoms. The van der Waals surface area contributed by atoms with Crippen molar-refractivity contribution in [3.05, 3.63) is 35.2 Å². The highest BCUT2D eigenvalue weighted by Gasteiger charge is 2.15. The fourth-order valence-electron chi connectivity index (χ4n) is 1.95.